The Morgan fingerprint density at radius 3 is 2.70 bits per heavy atom. The van der Waals surface area contributed by atoms with Gasteiger partial charge in [0.15, 0.2) is 0 Å². The smallest absolute Gasteiger partial charge is 0.0594 e. The molecular weight excluding hydrogens is 124 g/mol. The van der Waals surface area contributed by atoms with Crippen LogP contribution in [0.3, 0.4) is 0 Å². The van der Waals surface area contributed by atoms with Crippen LogP contribution in [-0.4, -0.2) is 10.2 Å². The Kier molecular flexibility index (Phi) is 0.967. The Balaban J connectivity index is 2.34. The minimum Gasteiger partial charge on any atom is -0.282 e. The predicted octanol–water partition coefficient (Wildman–Crippen LogP) is 1.77. The summed E-state index contributed by atoms with van der Waals surface area (Å²) in [6.45, 7) is 4.30. The van der Waals surface area contributed by atoms with E-state index in [1.54, 1.807) is 0 Å². The Morgan fingerprint density at radius 2 is 2.30 bits per heavy atom. The normalized spacial score (nSPS) is 21.0. The molecular formula is C8H12N2. The van der Waals surface area contributed by atoms with Crippen molar-refractivity contribution in [3.8, 4) is 0 Å². The van der Waals surface area contributed by atoms with Crippen molar-refractivity contribution in [2.45, 2.75) is 32.1 Å². The topological polar surface area (TPSA) is 28.7 Å². The molecule has 0 amide bonds. The van der Waals surface area contributed by atoms with E-state index < -0.39 is 0 Å². The van der Waals surface area contributed by atoms with Crippen LogP contribution < -0.4 is 0 Å². The first-order valence-electron chi connectivity index (χ1n) is 3.73. The van der Waals surface area contributed by atoms with E-state index >= 15 is 0 Å². The molecule has 54 valence electrons. The standard InChI is InChI=1S/C8H12N2/c1-6-5-7(10-9-6)8(2)3-4-8/h5H,3-4H2,1-2H3,(H,9,10). The molecule has 1 N–H and O–H groups in total. The molecule has 0 bridgehead atoms. The second-order valence-electron chi connectivity index (χ2n) is 3.48. The molecule has 1 fully saturated rings. The summed E-state index contributed by atoms with van der Waals surface area (Å²) >= 11 is 0. The van der Waals surface area contributed by atoms with E-state index in [2.05, 4.69) is 23.2 Å². The molecule has 10 heavy (non-hydrogen) atoms. The number of aromatic amines is 1. The lowest BCUT2D eigenvalue weighted by atomic mass is 10.1. The second-order valence-corrected chi connectivity index (χ2v) is 3.48. The van der Waals surface area contributed by atoms with Crippen molar-refractivity contribution in [3.63, 3.8) is 0 Å². The van der Waals surface area contributed by atoms with Crippen molar-refractivity contribution in [2.75, 3.05) is 0 Å². The number of hydrogen-bond donors (Lipinski definition) is 1. The van der Waals surface area contributed by atoms with Crippen molar-refractivity contribution in [2.24, 2.45) is 0 Å². The zero-order valence-electron chi connectivity index (χ0n) is 6.44. The summed E-state index contributed by atoms with van der Waals surface area (Å²) in [5.41, 5.74) is 2.86. The minimum atomic E-state index is 0.446. The van der Waals surface area contributed by atoms with Crippen molar-refractivity contribution in [1.29, 1.82) is 0 Å². The molecule has 0 aromatic carbocycles. The number of rotatable bonds is 1. The monoisotopic (exact) mass is 136 g/mol. The molecule has 2 heteroatoms. The SMILES string of the molecule is Cc1cc(C2(C)CC2)[nH]n1. The molecule has 0 unspecified atom stereocenters. The lowest BCUT2D eigenvalue weighted by Gasteiger charge is -2.01. The first-order chi connectivity index (χ1) is 4.71. The summed E-state index contributed by atoms with van der Waals surface area (Å²) in [4.78, 5) is 0. The average molecular weight is 136 g/mol. The summed E-state index contributed by atoms with van der Waals surface area (Å²) in [7, 11) is 0. The van der Waals surface area contributed by atoms with Gasteiger partial charge in [-0.3, -0.25) is 5.10 Å². The van der Waals surface area contributed by atoms with Gasteiger partial charge >= 0.3 is 0 Å². The van der Waals surface area contributed by atoms with Gasteiger partial charge in [-0.1, -0.05) is 6.92 Å². The fourth-order valence-corrected chi connectivity index (χ4v) is 1.19. The Hall–Kier alpha value is -0.790. The zero-order valence-corrected chi connectivity index (χ0v) is 6.44. The molecule has 0 saturated heterocycles. The van der Waals surface area contributed by atoms with E-state index in [0.717, 1.165) is 5.69 Å². The Labute approximate surface area is 60.6 Å². The van der Waals surface area contributed by atoms with Gasteiger partial charge in [0.05, 0.1) is 5.69 Å². The van der Waals surface area contributed by atoms with Gasteiger partial charge < -0.3 is 0 Å². The largest absolute Gasteiger partial charge is 0.282 e. The maximum absolute atomic E-state index is 4.10. The van der Waals surface area contributed by atoms with Crippen LogP contribution in [0.25, 0.3) is 0 Å². The predicted molar refractivity (Wildman–Crippen MR) is 39.9 cm³/mol. The average Bonchev–Trinajstić information content (AvgIpc) is 2.45. The number of hydrogen-bond acceptors (Lipinski definition) is 1. The number of H-pyrrole nitrogens is 1. The van der Waals surface area contributed by atoms with Gasteiger partial charge in [-0.05, 0) is 25.8 Å². The third-order valence-corrected chi connectivity index (χ3v) is 2.36. The number of nitrogens with one attached hydrogen (secondary N) is 1. The number of nitrogens with zero attached hydrogens (tertiary/aromatic N) is 1. The zero-order chi connectivity index (χ0) is 7.19. The molecule has 2 nitrogen and oxygen atoms in total. The van der Waals surface area contributed by atoms with E-state index in [4.69, 9.17) is 0 Å². The van der Waals surface area contributed by atoms with Crippen LogP contribution in [0.1, 0.15) is 31.2 Å². The highest BCUT2D eigenvalue weighted by Crippen LogP contribution is 2.46. The minimum absolute atomic E-state index is 0.446. The van der Waals surface area contributed by atoms with Crippen LogP contribution in [0.15, 0.2) is 6.07 Å². The highest BCUT2D eigenvalue weighted by atomic mass is 15.1. The summed E-state index contributed by atoms with van der Waals surface area (Å²) in [5.74, 6) is 0. The summed E-state index contributed by atoms with van der Waals surface area (Å²) in [6, 6.07) is 2.15. The van der Waals surface area contributed by atoms with Gasteiger partial charge in [0.1, 0.15) is 0 Å². The molecule has 1 aliphatic rings. The van der Waals surface area contributed by atoms with Crippen LogP contribution in [0.5, 0.6) is 0 Å². The van der Waals surface area contributed by atoms with Crippen LogP contribution in [0.2, 0.25) is 0 Å². The van der Waals surface area contributed by atoms with Gasteiger partial charge in [0, 0.05) is 11.1 Å². The number of aryl methyl sites for hydroxylation is 1. The van der Waals surface area contributed by atoms with E-state index in [9.17, 15) is 0 Å². The molecule has 1 aromatic rings. The van der Waals surface area contributed by atoms with Crippen LogP contribution >= 0.6 is 0 Å². The maximum Gasteiger partial charge on any atom is 0.0594 e. The molecule has 2 rings (SSSR count). The number of aromatic nitrogens is 2. The van der Waals surface area contributed by atoms with E-state index in [1.807, 2.05) is 6.92 Å². The van der Waals surface area contributed by atoms with Gasteiger partial charge in [-0.2, -0.15) is 5.10 Å². The van der Waals surface area contributed by atoms with E-state index in [1.165, 1.54) is 18.5 Å². The molecule has 1 saturated carbocycles. The first-order valence-corrected chi connectivity index (χ1v) is 3.73. The van der Waals surface area contributed by atoms with Crippen molar-refractivity contribution in [3.05, 3.63) is 17.5 Å². The second kappa shape index (κ2) is 1.62. The molecule has 1 aromatic heterocycles. The van der Waals surface area contributed by atoms with E-state index in [-0.39, 0.29) is 0 Å². The van der Waals surface area contributed by atoms with Crippen LogP contribution in [0.4, 0.5) is 0 Å². The van der Waals surface area contributed by atoms with Crippen LogP contribution in [0, 0.1) is 6.92 Å². The van der Waals surface area contributed by atoms with Gasteiger partial charge in [0.2, 0.25) is 0 Å². The van der Waals surface area contributed by atoms with Crippen LogP contribution in [-0.2, 0) is 5.41 Å². The molecule has 1 heterocycles. The van der Waals surface area contributed by atoms with Gasteiger partial charge in [-0.25, -0.2) is 0 Å². The molecule has 0 spiro atoms. The van der Waals surface area contributed by atoms with Crippen molar-refractivity contribution < 1.29 is 0 Å². The molecule has 1 aliphatic carbocycles. The van der Waals surface area contributed by atoms with Crippen molar-refractivity contribution >= 4 is 0 Å². The lowest BCUT2D eigenvalue weighted by Crippen LogP contribution is -1.99. The van der Waals surface area contributed by atoms with Crippen molar-refractivity contribution in [1.82, 2.24) is 10.2 Å². The fraction of sp³-hybridized carbons (Fsp3) is 0.625. The van der Waals surface area contributed by atoms with Gasteiger partial charge in [-0.15, -0.1) is 0 Å². The summed E-state index contributed by atoms with van der Waals surface area (Å²) in [5, 5.41) is 7.16. The molecule has 0 radical (unpaired) electrons. The molecule has 0 aliphatic heterocycles. The third-order valence-electron chi connectivity index (χ3n) is 2.36. The van der Waals surface area contributed by atoms with Gasteiger partial charge in [0.25, 0.3) is 0 Å². The highest BCUT2D eigenvalue weighted by Gasteiger charge is 2.40. The lowest BCUT2D eigenvalue weighted by molar-refractivity contribution is 0.742. The quantitative estimate of drug-likeness (QED) is 0.626. The third kappa shape index (κ3) is 0.753. The Morgan fingerprint density at radius 1 is 1.60 bits per heavy atom. The first kappa shape index (κ1) is 5.96. The summed E-state index contributed by atoms with van der Waals surface area (Å²) < 4.78 is 0. The molecule has 0 atom stereocenters. The fourth-order valence-electron chi connectivity index (χ4n) is 1.19. The maximum atomic E-state index is 4.10. The summed E-state index contributed by atoms with van der Waals surface area (Å²) in [6.07, 6.45) is 2.63. The Bertz CT molecular complexity index is 246. The van der Waals surface area contributed by atoms with E-state index in [0.29, 0.717) is 5.41 Å². The highest BCUT2D eigenvalue weighted by molar-refractivity contribution is 5.23.